The van der Waals surface area contributed by atoms with Gasteiger partial charge in [-0.1, -0.05) is 25.6 Å². The van der Waals surface area contributed by atoms with Gasteiger partial charge in [-0.15, -0.1) is 10.2 Å². The van der Waals surface area contributed by atoms with Gasteiger partial charge in [0.15, 0.2) is 5.16 Å². The van der Waals surface area contributed by atoms with E-state index < -0.39 is 0 Å². The molecule has 2 rings (SSSR count). The number of thioether (sulfide) groups is 1. The lowest BCUT2D eigenvalue weighted by Gasteiger charge is -2.28. The Hall–Kier alpha value is -1.28. The van der Waals surface area contributed by atoms with Crippen LogP contribution in [-0.2, 0) is 16.1 Å². The first kappa shape index (κ1) is 16.1. The zero-order valence-electron chi connectivity index (χ0n) is 12.8. The van der Waals surface area contributed by atoms with Crippen LogP contribution in [0.1, 0.15) is 13.8 Å². The minimum absolute atomic E-state index is 0.00739. The molecule has 0 bridgehead atoms. The molecule has 0 saturated carbocycles. The number of carbonyl (C=O) groups excluding carboxylic acids is 1. The van der Waals surface area contributed by atoms with Crippen molar-refractivity contribution in [3.05, 3.63) is 0 Å². The molecule has 7 nitrogen and oxygen atoms in total. The number of nitrogens with one attached hydrogen (secondary N) is 1. The second-order valence-corrected chi connectivity index (χ2v) is 6.29. The molecule has 0 aromatic carbocycles. The fraction of sp³-hybridized carbons (Fsp3) is 0.769. The zero-order valence-corrected chi connectivity index (χ0v) is 13.7. The molecule has 0 atom stereocenters. The van der Waals surface area contributed by atoms with Gasteiger partial charge in [-0.3, -0.25) is 9.36 Å². The number of ether oxygens (including phenoxy) is 1. The Labute approximate surface area is 129 Å². The van der Waals surface area contributed by atoms with Gasteiger partial charge < -0.3 is 15.0 Å². The van der Waals surface area contributed by atoms with Gasteiger partial charge in [0.05, 0.1) is 19.0 Å². The Morgan fingerprint density at radius 2 is 2.10 bits per heavy atom. The third kappa shape index (κ3) is 4.34. The van der Waals surface area contributed by atoms with Crippen molar-refractivity contribution < 1.29 is 9.53 Å². The molecule has 0 spiro atoms. The molecule has 118 valence electrons. The lowest BCUT2D eigenvalue weighted by molar-refractivity contribution is -0.118. The van der Waals surface area contributed by atoms with E-state index in [4.69, 9.17) is 4.74 Å². The first-order chi connectivity index (χ1) is 10.1. The molecule has 1 aliphatic rings. The molecule has 1 fully saturated rings. The maximum Gasteiger partial charge on any atom is 0.230 e. The zero-order chi connectivity index (χ0) is 15.2. The summed E-state index contributed by atoms with van der Waals surface area (Å²) in [4.78, 5) is 13.6. The first-order valence-corrected chi connectivity index (χ1v) is 8.19. The molecule has 21 heavy (non-hydrogen) atoms. The molecule has 1 N–H and O–H groups in total. The van der Waals surface area contributed by atoms with Gasteiger partial charge in [-0.05, 0) is 5.92 Å². The molecule has 1 aromatic rings. The molecule has 0 radical (unpaired) electrons. The van der Waals surface area contributed by atoms with Gasteiger partial charge in [0.1, 0.15) is 0 Å². The Balaban J connectivity index is 2.15. The van der Waals surface area contributed by atoms with Crippen LogP contribution in [0, 0.1) is 5.92 Å². The van der Waals surface area contributed by atoms with E-state index in [1.807, 2.05) is 0 Å². The maximum atomic E-state index is 11.4. The summed E-state index contributed by atoms with van der Waals surface area (Å²) in [6, 6.07) is 0. The van der Waals surface area contributed by atoms with Crippen molar-refractivity contribution in [1.82, 2.24) is 20.1 Å². The summed E-state index contributed by atoms with van der Waals surface area (Å²) in [7, 11) is 1.64. The van der Waals surface area contributed by atoms with Crippen molar-refractivity contribution >= 4 is 23.6 Å². The van der Waals surface area contributed by atoms with Gasteiger partial charge in [-0.25, -0.2) is 0 Å². The van der Waals surface area contributed by atoms with Gasteiger partial charge in [0, 0.05) is 26.7 Å². The summed E-state index contributed by atoms with van der Waals surface area (Å²) in [5.74, 6) is 1.72. The van der Waals surface area contributed by atoms with E-state index in [0.717, 1.165) is 44.0 Å². The Morgan fingerprint density at radius 1 is 1.38 bits per heavy atom. The van der Waals surface area contributed by atoms with E-state index in [-0.39, 0.29) is 5.91 Å². The quantitative estimate of drug-likeness (QED) is 0.776. The number of anilines is 1. The van der Waals surface area contributed by atoms with Crippen LogP contribution < -0.4 is 10.2 Å². The van der Waals surface area contributed by atoms with Crippen LogP contribution in [0.2, 0.25) is 0 Å². The fourth-order valence-corrected chi connectivity index (χ4v) is 2.93. The number of hydrogen-bond donors (Lipinski definition) is 1. The highest BCUT2D eigenvalue weighted by Gasteiger charge is 2.21. The summed E-state index contributed by atoms with van der Waals surface area (Å²) < 4.78 is 7.50. The average Bonchev–Trinajstić information content (AvgIpc) is 2.87. The van der Waals surface area contributed by atoms with Gasteiger partial charge >= 0.3 is 0 Å². The van der Waals surface area contributed by atoms with E-state index in [2.05, 4.69) is 38.8 Å². The second kappa shape index (κ2) is 7.65. The molecule has 1 saturated heterocycles. The highest BCUT2D eigenvalue weighted by atomic mass is 32.2. The number of morpholine rings is 1. The van der Waals surface area contributed by atoms with Crippen LogP contribution in [0.5, 0.6) is 0 Å². The summed E-state index contributed by atoms with van der Waals surface area (Å²) in [5.41, 5.74) is 0. The van der Waals surface area contributed by atoms with E-state index in [0.29, 0.717) is 11.7 Å². The van der Waals surface area contributed by atoms with Crippen molar-refractivity contribution in [2.24, 2.45) is 5.92 Å². The molecule has 1 amide bonds. The molecule has 8 heteroatoms. The van der Waals surface area contributed by atoms with E-state index in [9.17, 15) is 4.79 Å². The lowest BCUT2D eigenvalue weighted by atomic mass is 10.2. The van der Waals surface area contributed by atoms with Gasteiger partial charge in [0.2, 0.25) is 11.9 Å². The van der Waals surface area contributed by atoms with Crippen LogP contribution in [0.15, 0.2) is 5.16 Å². The number of carbonyl (C=O) groups is 1. The molecular formula is C13H23N5O2S. The highest BCUT2D eigenvalue weighted by molar-refractivity contribution is 7.99. The monoisotopic (exact) mass is 313 g/mol. The van der Waals surface area contributed by atoms with Crippen LogP contribution in [-0.4, -0.2) is 59.8 Å². The van der Waals surface area contributed by atoms with Crippen LogP contribution in [0.3, 0.4) is 0 Å². The highest BCUT2D eigenvalue weighted by Crippen LogP contribution is 2.23. The number of nitrogens with zero attached hydrogens (tertiary/aromatic N) is 4. The first-order valence-electron chi connectivity index (χ1n) is 7.21. The Kier molecular flexibility index (Phi) is 5.86. The second-order valence-electron chi connectivity index (χ2n) is 5.35. The SMILES string of the molecule is CNC(=O)CSc1nnc(N2CCOCC2)n1CC(C)C. The van der Waals surface area contributed by atoms with Crippen molar-refractivity contribution in [1.29, 1.82) is 0 Å². The normalized spacial score (nSPS) is 15.5. The topological polar surface area (TPSA) is 72.3 Å². The van der Waals surface area contributed by atoms with Crippen LogP contribution in [0.4, 0.5) is 5.95 Å². The van der Waals surface area contributed by atoms with Crippen molar-refractivity contribution in [2.45, 2.75) is 25.5 Å². The maximum absolute atomic E-state index is 11.4. The predicted molar refractivity (Wildman–Crippen MR) is 82.7 cm³/mol. The van der Waals surface area contributed by atoms with E-state index >= 15 is 0 Å². The summed E-state index contributed by atoms with van der Waals surface area (Å²) in [5, 5.41) is 12.0. The van der Waals surface area contributed by atoms with Crippen molar-refractivity contribution in [2.75, 3.05) is 44.0 Å². The summed E-state index contributed by atoms with van der Waals surface area (Å²) >= 11 is 1.43. The Bertz CT molecular complexity index is 471. The van der Waals surface area contributed by atoms with Gasteiger partial charge in [-0.2, -0.15) is 0 Å². The Morgan fingerprint density at radius 3 is 2.71 bits per heavy atom. The van der Waals surface area contributed by atoms with E-state index in [1.165, 1.54) is 11.8 Å². The lowest BCUT2D eigenvalue weighted by Crippen LogP contribution is -2.38. The smallest absolute Gasteiger partial charge is 0.230 e. The van der Waals surface area contributed by atoms with Crippen LogP contribution >= 0.6 is 11.8 Å². The van der Waals surface area contributed by atoms with Gasteiger partial charge in [0.25, 0.3) is 0 Å². The minimum atomic E-state index is -0.00739. The molecule has 1 aromatic heterocycles. The summed E-state index contributed by atoms with van der Waals surface area (Å²) in [6.45, 7) is 8.26. The van der Waals surface area contributed by atoms with Crippen LogP contribution in [0.25, 0.3) is 0 Å². The molecular weight excluding hydrogens is 290 g/mol. The van der Waals surface area contributed by atoms with E-state index in [1.54, 1.807) is 7.05 Å². The standard InChI is InChI=1S/C13H23N5O2S/c1-10(2)8-18-12(17-4-6-20-7-5-17)15-16-13(18)21-9-11(19)14-3/h10H,4-9H2,1-3H3,(H,14,19). The molecule has 0 aliphatic carbocycles. The average molecular weight is 313 g/mol. The third-order valence-electron chi connectivity index (χ3n) is 3.15. The third-order valence-corrected chi connectivity index (χ3v) is 4.12. The number of amides is 1. The molecule has 2 heterocycles. The number of rotatable bonds is 6. The number of aromatic nitrogens is 3. The molecule has 0 unspecified atom stereocenters. The fourth-order valence-electron chi connectivity index (χ4n) is 2.11. The van der Waals surface area contributed by atoms with Crippen molar-refractivity contribution in [3.8, 4) is 0 Å². The number of hydrogen-bond acceptors (Lipinski definition) is 6. The minimum Gasteiger partial charge on any atom is -0.378 e. The largest absolute Gasteiger partial charge is 0.378 e. The predicted octanol–water partition coefficient (Wildman–Crippen LogP) is 0.609. The molecule has 1 aliphatic heterocycles. The summed E-state index contributed by atoms with van der Waals surface area (Å²) in [6.07, 6.45) is 0. The van der Waals surface area contributed by atoms with Crippen molar-refractivity contribution in [3.63, 3.8) is 0 Å².